The van der Waals surface area contributed by atoms with Crippen LogP contribution in [0.15, 0.2) is 16.7 Å². The molecule has 176 valence electrons. The van der Waals surface area contributed by atoms with E-state index in [1.54, 1.807) is 16.9 Å². The summed E-state index contributed by atoms with van der Waals surface area (Å²) in [4.78, 5) is 27.1. The van der Waals surface area contributed by atoms with Crippen LogP contribution in [0.3, 0.4) is 0 Å². The molecule has 33 heavy (non-hydrogen) atoms. The van der Waals surface area contributed by atoms with E-state index in [0.29, 0.717) is 17.2 Å². The molecule has 8 nitrogen and oxygen atoms in total. The first-order valence-electron chi connectivity index (χ1n) is 11.2. The molecule has 0 aliphatic heterocycles. The number of rotatable bonds is 7. The van der Waals surface area contributed by atoms with Gasteiger partial charge in [0.05, 0.1) is 27.5 Å². The van der Waals surface area contributed by atoms with Crippen LogP contribution in [0.2, 0.25) is 0 Å². The lowest BCUT2D eigenvalue weighted by molar-refractivity contribution is 0.0335. The zero-order chi connectivity index (χ0) is 23.7. The van der Waals surface area contributed by atoms with E-state index < -0.39 is 0 Å². The van der Waals surface area contributed by atoms with Crippen molar-refractivity contribution in [3.8, 4) is 0 Å². The third-order valence-electron chi connectivity index (χ3n) is 5.93. The van der Waals surface area contributed by atoms with Crippen molar-refractivity contribution in [2.24, 2.45) is 0 Å². The number of aryl methyl sites for hydroxylation is 2. The predicted molar refractivity (Wildman–Crippen MR) is 131 cm³/mol. The molecule has 3 aromatic rings. The van der Waals surface area contributed by atoms with Gasteiger partial charge in [-0.3, -0.25) is 9.48 Å². The van der Waals surface area contributed by atoms with Crippen LogP contribution in [-0.2, 0) is 24.2 Å². The Labute approximate surface area is 205 Å². The number of anilines is 1. The minimum Gasteiger partial charge on any atom is -0.459 e. The molecule has 3 aromatic heterocycles. The average Bonchev–Trinajstić information content (AvgIpc) is 3.47. The molecule has 1 aliphatic carbocycles. The van der Waals surface area contributed by atoms with Crippen LogP contribution < -0.4 is 5.32 Å². The Morgan fingerprint density at radius 1 is 1.27 bits per heavy atom. The van der Waals surface area contributed by atoms with Crippen molar-refractivity contribution in [1.82, 2.24) is 19.6 Å². The van der Waals surface area contributed by atoms with Gasteiger partial charge in [-0.05, 0) is 80.4 Å². The number of carbonyl (C=O) groups excluding carboxylic acids is 2. The van der Waals surface area contributed by atoms with E-state index in [-0.39, 0.29) is 23.7 Å². The number of nitrogens with zero attached hydrogens (tertiary/aromatic N) is 4. The molecule has 1 unspecified atom stereocenters. The van der Waals surface area contributed by atoms with E-state index in [4.69, 9.17) is 4.74 Å². The molecule has 0 fully saturated rings. The van der Waals surface area contributed by atoms with Crippen LogP contribution in [0.1, 0.15) is 75.8 Å². The monoisotopic (exact) mass is 533 g/mol. The van der Waals surface area contributed by atoms with Crippen molar-refractivity contribution in [1.29, 1.82) is 0 Å². The number of esters is 1. The number of aromatic nitrogens is 4. The highest BCUT2D eigenvalue weighted by molar-refractivity contribution is 9.10. The molecule has 3 heterocycles. The molecule has 0 bridgehead atoms. The van der Waals surface area contributed by atoms with Gasteiger partial charge in [0.15, 0.2) is 5.69 Å². The van der Waals surface area contributed by atoms with E-state index >= 15 is 0 Å². The number of thiophene rings is 1. The van der Waals surface area contributed by atoms with E-state index in [0.717, 1.165) is 58.4 Å². The van der Waals surface area contributed by atoms with Crippen molar-refractivity contribution >= 4 is 44.1 Å². The van der Waals surface area contributed by atoms with Gasteiger partial charge in [0.2, 0.25) is 0 Å². The number of fused-ring (bicyclic) bond motifs is 1. The molecule has 1 atom stereocenters. The summed E-state index contributed by atoms with van der Waals surface area (Å²) in [6.45, 7) is 8.15. The molecule has 0 saturated heterocycles. The highest BCUT2D eigenvalue weighted by Gasteiger charge is 2.28. The molecule has 1 N–H and O–H groups in total. The minimum absolute atomic E-state index is 0.176. The Bertz CT molecular complexity index is 1200. The van der Waals surface area contributed by atoms with Gasteiger partial charge in [-0.15, -0.1) is 11.3 Å². The zero-order valence-corrected chi connectivity index (χ0v) is 21.7. The Morgan fingerprint density at radius 3 is 2.73 bits per heavy atom. The number of halogens is 1. The number of ether oxygens (including phenoxy) is 1. The van der Waals surface area contributed by atoms with E-state index in [1.807, 2.05) is 32.4 Å². The Balaban J connectivity index is 1.54. The number of hydrogen-bond donors (Lipinski definition) is 1. The largest absolute Gasteiger partial charge is 0.459 e. The third-order valence-corrected chi connectivity index (χ3v) is 8.29. The third kappa shape index (κ3) is 4.91. The first kappa shape index (κ1) is 23.7. The fraction of sp³-hybridized carbons (Fsp3) is 0.478. The van der Waals surface area contributed by atoms with Crippen LogP contribution in [-0.4, -0.2) is 37.5 Å². The second kappa shape index (κ2) is 9.80. The number of nitrogens with one attached hydrogen (secondary N) is 1. The molecule has 0 spiro atoms. The van der Waals surface area contributed by atoms with Gasteiger partial charge in [-0.1, -0.05) is 6.92 Å². The summed E-state index contributed by atoms with van der Waals surface area (Å²) in [5.74, 6) is -0.709. The molecule has 4 rings (SSSR count). The second-order valence-corrected chi connectivity index (χ2v) is 10.3. The SMILES string of the molecule is CCC(C)OC(=O)c1c(NC(=O)c2ccn(Cn3nc(C)c(Br)c3C)n2)sc2c1CCCC2. The van der Waals surface area contributed by atoms with E-state index in [2.05, 4.69) is 31.4 Å². The zero-order valence-electron chi connectivity index (χ0n) is 19.3. The Kier molecular flexibility index (Phi) is 7.04. The highest BCUT2D eigenvalue weighted by Crippen LogP contribution is 2.39. The first-order valence-corrected chi connectivity index (χ1v) is 12.8. The van der Waals surface area contributed by atoms with Gasteiger partial charge in [0, 0.05) is 11.1 Å². The van der Waals surface area contributed by atoms with Crippen LogP contribution in [0, 0.1) is 13.8 Å². The lowest BCUT2D eigenvalue weighted by Gasteiger charge is -2.15. The van der Waals surface area contributed by atoms with E-state index in [1.165, 1.54) is 11.3 Å². The summed E-state index contributed by atoms with van der Waals surface area (Å²) in [7, 11) is 0. The van der Waals surface area contributed by atoms with Gasteiger partial charge in [0.1, 0.15) is 11.7 Å². The lowest BCUT2D eigenvalue weighted by atomic mass is 9.95. The average molecular weight is 534 g/mol. The van der Waals surface area contributed by atoms with Crippen molar-refractivity contribution in [3.63, 3.8) is 0 Å². The van der Waals surface area contributed by atoms with Gasteiger partial charge in [0.25, 0.3) is 5.91 Å². The molecular formula is C23H28BrN5O3S. The molecule has 1 amide bonds. The van der Waals surface area contributed by atoms with Crippen molar-refractivity contribution in [2.45, 2.75) is 72.6 Å². The van der Waals surface area contributed by atoms with Gasteiger partial charge in [-0.25, -0.2) is 9.48 Å². The first-order chi connectivity index (χ1) is 15.8. The maximum Gasteiger partial charge on any atom is 0.341 e. The maximum atomic E-state index is 13.0. The minimum atomic E-state index is -0.361. The highest BCUT2D eigenvalue weighted by atomic mass is 79.9. The summed E-state index contributed by atoms with van der Waals surface area (Å²) in [6, 6.07) is 1.67. The lowest BCUT2D eigenvalue weighted by Crippen LogP contribution is -2.19. The van der Waals surface area contributed by atoms with Crippen molar-refractivity contribution in [2.75, 3.05) is 5.32 Å². The standard InChI is InChI=1S/C23H28BrN5O3S/c1-5-13(2)32-23(31)19-16-8-6-7-9-18(16)33-22(19)25-21(30)17-10-11-28(27-17)12-29-15(4)20(24)14(3)26-29/h10-11,13H,5-9,12H2,1-4H3,(H,25,30). The summed E-state index contributed by atoms with van der Waals surface area (Å²) < 4.78 is 10.1. The molecule has 1 aliphatic rings. The number of amides is 1. The molecule has 0 radical (unpaired) electrons. The summed E-state index contributed by atoms with van der Waals surface area (Å²) in [6.07, 6.45) is 6.19. The summed E-state index contributed by atoms with van der Waals surface area (Å²) in [5.41, 5.74) is 3.70. The summed E-state index contributed by atoms with van der Waals surface area (Å²) in [5, 5.41) is 12.4. The van der Waals surface area contributed by atoms with Crippen LogP contribution in [0.25, 0.3) is 0 Å². The summed E-state index contributed by atoms with van der Waals surface area (Å²) >= 11 is 5.00. The molecule has 0 saturated carbocycles. The molecule has 10 heteroatoms. The smallest absolute Gasteiger partial charge is 0.341 e. The van der Waals surface area contributed by atoms with Crippen molar-refractivity contribution in [3.05, 3.63) is 49.8 Å². The fourth-order valence-corrected chi connectivity index (χ4v) is 5.43. The van der Waals surface area contributed by atoms with Crippen LogP contribution in [0.4, 0.5) is 5.00 Å². The number of hydrogen-bond acceptors (Lipinski definition) is 6. The van der Waals surface area contributed by atoms with Crippen molar-refractivity contribution < 1.29 is 14.3 Å². The van der Waals surface area contributed by atoms with E-state index in [9.17, 15) is 9.59 Å². The van der Waals surface area contributed by atoms with Gasteiger partial charge >= 0.3 is 5.97 Å². The van der Waals surface area contributed by atoms with Crippen LogP contribution in [0.5, 0.6) is 0 Å². The predicted octanol–water partition coefficient (Wildman–Crippen LogP) is 5.11. The molecular weight excluding hydrogens is 506 g/mol. The maximum absolute atomic E-state index is 13.0. The topological polar surface area (TPSA) is 91.0 Å². The number of carbonyl (C=O) groups is 2. The van der Waals surface area contributed by atoms with Gasteiger partial charge < -0.3 is 10.1 Å². The second-order valence-electron chi connectivity index (χ2n) is 8.36. The Morgan fingerprint density at radius 2 is 2.03 bits per heavy atom. The fourth-order valence-electron chi connectivity index (χ4n) is 3.87. The molecule has 0 aromatic carbocycles. The van der Waals surface area contributed by atoms with Gasteiger partial charge in [-0.2, -0.15) is 10.2 Å². The quantitative estimate of drug-likeness (QED) is 0.426. The normalized spacial score (nSPS) is 14.1. The van der Waals surface area contributed by atoms with Crippen LogP contribution >= 0.6 is 27.3 Å². The Hall–Kier alpha value is -2.46.